The van der Waals surface area contributed by atoms with Gasteiger partial charge in [-0.25, -0.2) is 4.79 Å². The number of halogens is 1. The van der Waals surface area contributed by atoms with Gasteiger partial charge in [0.1, 0.15) is 9.21 Å². The van der Waals surface area contributed by atoms with Crippen LogP contribution in [0.2, 0.25) is 4.34 Å². The second-order valence-electron chi connectivity index (χ2n) is 3.32. The van der Waals surface area contributed by atoms with E-state index in [1.165, 1.54) is 18.4 Å². The van der Waals surface area contributed by atoms with Crippen LogP contribution in [-0.4, -0.2) is 31.4 Å². The van der Waals surface area contributed by atoms with Gasteiger partial charge in [-0.15, -0.1) is 11.3 Å². The first-order valence-electron chi connectivity index (χ1n) is 5.37. The van der Waals surface area contributed by atoms with Gasteiger partial charge in [-0.3, -0.25) is 5.01 Å². The SMILES string of the molecule is C=NN(CC)/C(=C\C)c1cc(C(=O)OC)sc1Cl. The summed E-state index contributed by atoms with van der Waals surface area (Å²) in [7, 11) is 1.34. The third-order valence-corrected chi connectivity index (χ3v) is 3.71. The van der Waals surface area contributed by atoms with E-state index in [1.54, 1.807) is 11.1 Å². The smallest absolute Gasteiger partial charge is 0.348 e. The molecule has 0 saturated heterocycles. The van der Waals surface area contributed by atoms with Crippen molar-refractivity contribution in [3.05, 3.63) is 26.9 Å². The molecule has 0 atom stereocenters. The summed E-state index contributed by atoms with van der Waals surface area (Å²) in [5, 5.41) is 5.63. The molecule has 4 nitrogen and oxygen atoms in total. The highest BCUT2D eigenvalue weighted by atomic mass is 35.5. The van der Waals surface area contributed by atoms with Gasteiger partial charge in [0.2, 0.25) is 0 Å². The predicted octanol–water partition coefficient (Wildman–Crippen LogP) is 3.49. The lowest BCUT2D eigenvalue weighted by molar-refractivity contribution is 0.0606. The quantitative estimate of drug-likeness (QED) is 0.473. The maximum Gasteiger partial charge on any atom is 0.348 e. The molecule has 6 heteroatoms. The molecule has 1 rings (SSSR count). The van der Waals surface area contributed by atoms with Crippen LogP contribution >= 0.6 is 22.9 Å². The van der Waals surface area contributed by atoms with Crippen molar-refractivity contribution < 1.29 is 9.53 Å². The standard InChI is InChI=1S/C12H15ClN2O2S/c1-5-9(15(6-2)14-3)8-7-10(12(16)17-4)18-11(8)13/h5,7H,3,6H2,1-2,4H3/b9-5-. The molecule has 18 heavy (non-hydrogen) atoms. The van der Waals surface area contributed by atoms with E-state index in [2.05, 4.69) is 16.6 Å². The maximum atomic E-state index is 11.5. The number of hydrogen-bond acceptors (Lipinski definition) is 5. The minimum atomic E-state index is -0.391. The van der Waals surface area contributed by atoms with Crippen LogP contribution in [0.25, 0.3) is 5.70 Å². The Labute approximate surface area is 116 Å². The van der Waals surface area contributed by atoms with Crippen molar-refractivity contribution >= 4 is 41.3 Å². The number of hydrogen-bond donors (Lipinski definition) is 0. The lowest BCUT2D eigenvalue weighted by Gasteiger charge is -2.19. The number of allylic oxidation sites excluding steroid dienone is 1. The fraction of sp³-hybridized carbons (Fsp3) is 0.333. The third kappa shape index (κ3) is 2.91. The lowest BCUT2D eigenvalue weighted by Crippen LogP contribution is -2.14. The summed E-state index contributed by atoms with van der Waals surface area (Å²) in [6, 6.07) is 1.71. The summed E-state index contributed by atoms with van der Waals surface area (Å²) in [5.41, 5.74) is 1.59. The Morgan fingerprint density at radius 1 is 1.72 bits per heavy atom. The molecular formula is C12H15ClN2O2S. The fourth-order valence-electron chi connectivity index (χ4n) is 1.53. The molecule has 98 valence electrons. The number of carbonyl (C=O) groups is 1. The van der Waals surface area contributed by atoms with E-state index in [0.717, 1.165) is 11.3 Å². The van der Waals surface area contributed by atoms with Crippen molar-refractivity contribution in [1.29, 1.82) is 0 Å². The number of carbonyl (C=O) groups excluding carboxylic acids is 1. The molecule has 0 aliphatic carbocycles. The lowest BCUT2D eigenvalue weighted by atomic mass is 10.2. The number of thiophene rings is 1. The largest absolute Gasteiger partial charge is 0.465 e. The van der Waals surface area contributed by atoms with Crippen molar-refractivity contribution in [2.45, 2.75) is 13.8 Å². The van der Waals surface area contributed by atoms with Crippen LogP contribution in [0.5, 0.6) is 0 Å². The number of methoxy groups -OCH3 is 1. The van der Waals surface area contributed by atoms with E-state index in [-0.39, 0.29) is 0 Å². The Morgan fingerprint density at radius 3 is 2.83 bits per heavy atom. The second-order valence-corrected chi connectivity index (χ2v) is 4.97. The van der Waals surface area contributed by atoms with Gasteiger partial charge in [-0.2, -0.15) is 5.10 Å². The van der Waals surface area contributed by atoms with Gasteiger partial charge in [-0.05, 0) is 19.9 Å². The van der Waals surface area contributed by atoms with Crippen LogP contribution in [-0.2, 0) is 4.74 Å². The Hall–Kier alpha value is -1.33. The van der Waals surface area contributed by atoms with Crippen molar-refractivity contribution in [2.24, 2.45) is 5.10 Å². The Balaban J connectivity index is 3.19. The van der Waals surface area contributed by atoms with Gasteiger partial charge in [-0.1, -0.05) is 17.7 Å². The summed E-state index contributed by atoms with van der Waals surface area (Å²) in [4.78, 5) is 11.9. The van der Waals surface area contributed by atoms with E-state index < -0.39 is 5.97 Å². The topological polar surface area (TPSA) is 41.9 Å². The zero-order valence-corrected chi connectivity index (χ0v) is 12.1. The molecule has 0 aliphatic rings. The van der Waals surface area contributed by atoms with Crippen LogP contribution in [0, 0.1) is 0 Å². The number of rotatable bonds is 5. The van der Waals surface area contributed by atoms with Crippen LogP contribution in [0.1, 0.15) is 29.1 Å². The first kappa shape index (κ1) is 14.7. The molecule has 0 spiro atoms. The highest BCUT2D eigenvalue weighted by Gasteiger charge is 2.18. The fourth-order valence-corrected chi connectivity index (χ4v) is 2.75. The predicted molar refractivity (Wildman–Crippen MR) is 76.2 cm³/mol. The molecule has 1 heterocycles. The molecule has 1 aromatic rings. The van der Waals surface area contributed by atoms with E-state index in [0.29, 0.717) is 15.8 Å². The van der Waals surface area contributed by atoms with Crippen LogP contribution < -0.4 is 0 Å². The zero-order chi connectivity index (χ0) is 13.7. The number of nitrogens with zero attached hydrogens (tertiary/aromatic N) is 2. The monoisotopic (exact) mass is 286 g/mol. The van der Waals surface area contributed by atoms with Crippen LogP contribution in [0.15, 0.2) is 17.2 Å². The van der Waals surface area contributed by atoms with Crippen molar-refractivity contribution in [3.8, 4) is 0 Å². The summed E-state index contributed by atoms with van der Waals surface area (Å²) in [6.07, 6.45) is 1.88. The highest BCUT2D eigenvalue weighted by molar-refractivity contribution is 7.18. The molecule has 0 amide bonds. The van der Waals surface area contributed by atoms with Gasteiger partial charge in [0.25, 0.3) is 0 Å². The molecule has 0 aromatic carbocycles. The van der Waals surface area contributed by atoms with E-state index in [9.17, 15) is 4.79 Å². The van der Waals surface area contributed by atoms with Gasteiger partial charge < -0.3 is 4.74 Å². The Kier molecular flexibility index (Phi) is 5.37. The minimum absolute atomic E-state index is 0.391. The summed E-state index contributed by atoms with van der Waals surface area (Å²) in [5.74, 6) is -0.391. The summed E-state index contributed by atoms with van der Waals surface area (Å²) >= 11 is 7.35. The van der Waals surface area contributed by atoms with Crippen LogP contribution in [0.4, 0.5) is 0 Å². The van der Waals surface area contributed by atoms with Crippen molar-refractivity contribution in [2.75, 3.05) is 13.7 Å². The molecule has 0 saturated carbocycles. The molecular weight excluding hydrogens is 272 g/mol. The first-order chi connectivity index (χ1) is 8.58. The minimum Gasteiger partial charge on any atom is -0.465 e. The third-order valence-electron chi connectivity index (χ3n) is 2.37. The normalized spacial score (nSPS) is 11.2. The van der Waals surface area contributed by atoms with Crippen molar-refractivity contribution in [3.63, 3.8) is 0 Å². The molecule has 0 bridgehead atoms. The molecule has 0 radical (unpaired) electrons. The van der Waals surface area contributed by atoms with E-state index in [1.807, 2.05) is 19.9 Å². The number of ether oxygens (including phenoxy) is 1. The first-order valence-corrected chi connectivity index (χ1v) is 6.56. The zero-order valence-electron chi connectivity index (χ0n) is 10.6. The summed E-state index contributed by atoms with van der Waals surface area (Å²) < 4.78 is 5.21. The van der Waals surface area contributed by atoms with E-state index in [4.69, 9.17) is 11.6 Å². The number of esters is 1. The van der Waals surface area contributed by atoms with Gasteiger partial charge in [0, 0.05) is 18.8 Å². The Bertz CT molecular complexity index is 482. The Morgan fingerprint density at radius 2 is 2.39 bits per heavy atom. The molecule has 0 N–H and O–H groups in total. The average Bonchev–Trinajstić information content (AvgIpc) is 2.76. The maximum absolute atomic E-state index is 11.5. The van der Waals surface area contributed by atoms with Gasteiger partial charge in [0.05, 0.1) is 12.8 Å². The average molecular weight is 287 g/mol. The molecule has 0 aliphatic heterocycles. The van der Waals surface area contributed by atoms with Gasteiger partial charge in [0.15, 0.2) is 0 Å². The molecule has 0 unspecified atom stereocenters. The van der Waals surface area contributed by atoms with Crippen molar-refractivity contribution in [1.82, 2.24) is 5.01 Å². The van der Waals surface area contributed by atoms with Gasteiger partial charge >= 0.3 is 5.97 Å². The highest BCUT2D eigenvalue weighted by Crippen LogP contribution is 2.34. The van der Waals surface area contributed by atoms with Crippen LogP contribution in [0.3, 0.4) is 0 Å². The molecule has 0 fully saturated rings. The summed E-state index contributed by atoms with van der Waals surface area (Å²) in [6.45, 7) is 8.03. The second kappa shape index (κ2) is 6.56. The molecule has 1 aromatic heterocycles. The van der Waals surface area contributed by atoms with E-state index >= 15 is 0 Å². The number of hydrazone groups is 1.